The summed E-state index contributed by atoms with van der Waals surface area (Å²) < 4.78 is 25.7. The van der Waals surface area contributed by atoms with E-state index >= 15 is 0 Å². The zero-order chi connectivity index (χ0) is 59.6. The van der Waals surface area contributed by atoms with Crippen molar-refractivity contribution in [3.63, 3.8) is 0 Å². The van der Waals surface area contributed by atoms with E-state index in [1.54, 1.807) is 0 Å². The maximum atomic E-state index is 6.47. The molecule has 4 nitrogen and oxygen atoms in total. The highest BCUT2D eigenvalue weighted by Gasteiger charge is 2.18. The van der Waals surface area contributed by atoms with Crippen molar-refractivity contribution in [2.45, 2.75) is 295 Å². The minimum absolute atomic E-state index is 0.0690. The van der Waals surface area contributed by atoms with E-state index in [1.807, 2.05) is 0 Å². The Morgan fingerprint density at radius 3 is 0.702 bits per heavy atom. The van der Waals surface area contributed by atoms with Crippen molar-refractivity contribution >= 4 is 49.6 Å². The molecule has 4 rings (SSSR count). The van der Waals surface area contributed by atoms with Gasteiger partial charge in [-0.05, 0) is 83.3 Å². The second-order valence-corrected chi connectivity index (χ2v) is 25.5. The fourth-order valence-corrected chi connectivity index (χ4v) is 11.9. The average Bonchev–Trinajstić information content (AvgIpc) is 3.73. The van der Waals surface area contributed by atoms with Crippen molar-refractivity contribution in [3.05, 3.63) is 118 Å². The van der Waals surface area contributed by atoms with E-state index in [-0.39, 0.29) is 10.5 Å². The summed E-state index contributed by atoms with van der Waals surface area (Å²) in [6.07, 6.45) is 61.4. The highest BCUT2D eigenvalue weighted by Crippen LogP contribution is 2.39. The Hall–Kier alpha value is -3.74. The molecule has 0 amide bonds. The molecule has 6 heteroatoms. The van der Waals surface area contributed by atoms with E-state index < -0.39 is 0 Å². The number of ether oxygens (including phenoxy) is 4. The summed E-state index contributed by atoms with van der Waals surface area (Å²) in [6, 6.07) is 30.3. The van der Waals surface area contributed by atoms with Gasteiger partial charge in [0.2, 0.25) is 0 Å². The molecule has 2 unspecified atom stereocenters. The maximum Gasteiger partial charge on any atom is 0.161 e. The molecule has 4 aromatic carbocycles. The molecule has 0 N–H and O–H groups in total. The number of unbranched alkanes of at least 4 members (excludes halogenated alkanes) is 36. The smallest absolute Gasteiger partial charge is 0.161 e. The molecule has 4 aromatic rings. The Morgan fingerprint density at radius 2 is 0.452 bits per heavy atom. The molecule has 0 aliphatic heterocycles. The molecule has 0 aliphatic rings. The standard InChI is InChI=1S/C78H122O4S2/c1-5-9-13-17-21-25-29-33-37-41-61-79-73-59-53-69(65-75(73)81-63-43-39-35-31-27-23-19-15-11-7-3)47-45-67-49-55-71(56-50-67)77(83)78(84)72-57-51-68(52-58-72)46-48-70-54-60-74(80-62-42-38-34-30-26-22-18-14-10-6-2)76(66-70)82-64-44-40-36-32-28-24-20-16-12-8-4/h45-60,65-66,77-78,83-84H,5-44,61-64H2,1-4H3/b47-45+,48-46+. The molecular weight excluding hydrogens is 1060 g/mol. The van der Waals surface area contributed by atoms with Gasteiger partial charge in [-0.15, -0.1) is 0 Å². The van der Waals surface area contributed by atoms with Gasteiger partial charge in [0, 0.05) is 10.5 Å². The number of hydrogen-bond donors (Lipinski definition) is 2. The van der Waals surface area contributed by atoms with Crippen LogP contribution in [0, 0.1) is 0 Å². The Bertz CT molecular complexity index is 2060. The molecule has 0 radical (unpaired) electrons. The largest absolute Gasteiger partial charge is 0.490 e. The summed E-state index contributed by atoms with van der Waals surface area (Å²) in [5, 5.41) is -0.138. The lowest BCUT2D eigenvalue weighted by Gasteiger charge is -2.19. The number of benzene rings is 4. The van der Waals surface area contributed by atoms with Crippen LogP contribution in [-0.2, 0) is 0 Å². The Morgan fingerprint density at radius 1 is 0.250 bits per heavy atom. The van der Waals surface area contributed by atoms with Crippen LogP contribution in [-0.4, -0.2) is 26.4 Å². The first-order valence-electron chi connectivity index (χ1n) is 35.2. The Labute approximate surface area is 528 Å². The van der Waals surface area contributed by atoms with Crippen LogP contribution >= 0.6 is 25.3 Å². The van der Waals surface area contributed by atoms with E-state index in [1.165, 1.54) is 231 Å². The normalized spacial score (nSPS) is 12.4. The predicted octanol–water partition coefficient (Wildman–Crippen LogP) is 25.9. The highest BCUT2D eigenvalue weighted by atomic mass is 32.1. The fraction of sp³-hybridized carbons (Fsp3) is 0.641. The maximum absolute atomic E-state index is 6.47. The zero-order valence-electron chi connectivity index (χ0n) is 54.2. The summed E-state index contributed by atoms with van der Waals surface area (Å²) in [5.41, 5.74) is 6.78. The molecule has 0 bridgehead atoms. The quantitative estimate of drug-likeness (QED) is 0.0262. The van der Waals surface area contributed by atoms with Gasteiger partial charge in [0.05, 0.1) is 26.4 Å². The molecule has 470 valence electrons. The SMILES string of the molecule is CCCCCCCCCCCCOc1ccc(/C=C/c2ccc(C(S)C(S)c3ccc(/C=C/c4ccc(OCCCCCCCCCCCC)c(OCCCCCCCCCCCC)c4)cc3)cc2)cc1OCCCCCCCCCCCC. The van der Waals surface area contributed by atoms with Crippen LogP contribution < -0.4 is 18.9 Å². The minimum atomic E-state index is -0.0690. The van der Waals surface area contributed by atoms with E-state index in [0.29, 0.717) is 0 Å². The molecule has 0 aromatic heterocycles. The van der Waals surface area contributed by atoms with Crippen LogP contribution in [0.1, 0.15) is 328 Å². The highest BCUT2D eigenvalue weighted by molar-refractivity contribution is 7.84. The van der Waals surface area contributed by atoms with Crippen molar-refractivity contribution < 1.29 is 18.9 Å². The summed E-state index contributed by atoms with van der Waals surface area (Å²) in [7, 11) is 0. The first-order valence-corrected chi connectivity index (χ1v) is 36.2. The van der Waals surface area contributed by atoms with Crippen molar-refractivity contribution in [1.82, 2.24) is 0 Å². The van der Waals surface area contributed by atoms with Gasteiger partial charge in [-0.1, -0.05) is 344 Å². The van der Waals surface area contributed by atoms with Crippen LogP contribution in [0.25, 0.3) is 24.3 Å². The van der Waals surface area contributed by atoms with E-state index in [0.717, 1.165) is 108 Å². The average molecular weight is 1190 g/mol. The minimum Gasteiger partial charge on any atom is -0.490 e. The molecule has 0 spiro atoms. The molecule has 0 saturated heterocycles. The number of rotatable bonds is 55. The van der Waals surface area contributed by atoms with Crippen molar-refractivity contribution in [2.75, 3.05) is 26.4 Å². The molecule has 0 saturated carbocycles. The third-order valence-corrected chi connectivity index (χ3v) is 18.2. The fourth-order valence-electron chi connectivity index (χ4n) is 11.2. The van der Waals surface area contributed by atoms with Crippen LogP contribution in [0.15, 0.2) is 84.9 Å². The van der Waals surface area contributed by atoms with Gasteiger partial charge >= 0.3 is 0 Å². The molecule has 84 heavy (non-hydrogen) atoms. The van der Waals surface area contributed by atoms with E-state index in [2.05, 4.69) is 137 Å². The van der Waals surface area contributed by atoms with E-state index in [4.69, 9.17) is 44.2 Å². The lowest BCUT2D eigenvalue weighted by molar-refractivity contribution is 0.258. The van der Waals surface area contributed by atoms with E-state index in [9.17, 15) is 0 Å². The first-order chi connectivity index (χ1) is 41.4. The summed E-state index contributed by atoms with van der Waals surface area (Å²) in [6.45, 7) is 12.1. The van der Waals surface area contributed by atoms with Gasteiger partial charge in [-0.2, -0.15) is 25.3 Å². The van der Waals surface area contributed by atoms with Crippen LogP contribution in [0.5, 0.6) is 23.0 Å². The van der Waals surface area contributed by atoms with Crippen molar-refractivity contribution in [2.24, 2.45) is 0 Å². The Kier molecular flexibility index (Phi) is 43.5. The molecule has 2 atom stereocenters. The van der Waals surface area contributed by atoms with Crippen LogP contribution in [0.4, 0.5) is 0 Å². The lowest BCUT2D eigenvalue weighted by Crippen LogP contribution is -2.03. The zero-order valence-corrected chi connectivity index (χ0v) is 56.0. The Balaban J connectivity index is 1.29. The van der Waals surface area contributed by atoms with Gasteiger partial charge in [0.25, 0.3) is 0 Å². The number of thiol groups is 2. The second-order valence-electron chi connectivity index (χ2n) is 24.4. The first kappa shape index (κ1) is 72.7. The third-order valence-electron chi connectivity index (χ3n) is 16.7. The monoisotopic (exact) mass is 1190 g/mol. The van der Waals surface area contributed by atoms with Gasteiger partial charge in [0.15, 0.2) is 23.0 Å². The topological polar surface area (TPSA) is 36.9 Å². The summed E-state index contributed by atoms with van der Waals surface area (Å²) in [4.78, 5) is 0. The van der Waals surface area contributed by atoms with Gasteiger partial charge in [-0.25, -0.2) is 0 Å². The molecule has 0 heterocycles. The second kappa shape index (κ2) is 50.3. The van der Waals surface area contributed by atoms with Gasteiger partial charge < -0.3 is 18.9 Å². The molecule has 0 aliphatic carbocycles. The summed E-state index contributed by atoms with van der Waals surface area (Å²) >= 11 is 10.2. The van der Waals surface area contributed by atoms with Crippen LogP contribution in [0.3, 0.4) is 0 Å². The van der Waals surface area contributed by atoms with Crippen LogP contribution in [0.2, 0.25) is 0 Å². The number of hydrogen-bond acceptors (Lipinski definition) is 6. The van der Waals surface area contributed by atoms with Gasteiger partial charge in [0.1, 0.15) is 0 Å². The molecular formula is C78H122O4S2. The molecule has 0 fully saturated rings. The van der Waals surface area contributed by atoms with Gasteiger partial charge in [-0.3, -0.25) is 0 Å². The predicted molar refractivity (Wildman–Crippen MR) is 376 cm³/mol. The van der Waals surface area contributed by atoms with Crippen molar-refractivity contribution in [3.8, 4) is 23.0 Å². The third kappa shape index (κ3) is 34.6. The summed E-state index contributed by atoms with van der Waals surface area (Å²) in [5.74, 6) is 3.44. The lowest BCUT2D eigenvalue weighted by atomic mass is 10.0. The van der Waals surface area contributed by atoms with Crippen molar-refractivity contribution in [1.29, 1.82) is 0 Å².